The van der Waals surface area contributed by atoms with Crippen molar-refractivity contribution in [1.29, 1.82) is 0 Å². The van der Waals surface area contributed by atoms with E-state index >= 15 is 0 Å². The van der Waals surface area contributed by atoms with Crippen molar-refractivity contribution in [3.63, 3.8) is 0 Å². The van der Waals surface area contributed by atoms with Crippen LogP contribution >= 0.6 is 0 Å². The van der Waals surface area contributed by atoms with Crippen LogP contribution in [-0.2, 0) is 0 Å². The normalized spacial score (nSPS) is 12.1. The molecule has 3 aromatic rings. The van der Waals surface area contributed by atoms with E-state index in [1.54, 1.807) is 0 Å². The van der Waals surface area contributed by atoms with Crippen LogP contribution in [0.2, 0.25) is 0 Å². The Labute approximate surface area is 162 Å². The maximum absolute atomic E-state index is 4.87. The third kappa shape index (κ3) is 4.92. The molecular formula is C26H25N. The average molecular weight is 351 g/mol. The zero-order chi connectivity index (χ0) is 19.2. The zero-order valence-corrected chi connectivity index (χ0v) is 16.2. The van der Waals surface area contributed by atoms with E-state index in [2.05, 4.69) is 63.8 Å². The van der Waals surface area contributed by atoms with Gasteiger partial charge in [-0.2, -0.15) is 0 Å². The summed E-state index contributed by atoms with van der Waals surface area (Å²) in [5, 5.41) is 0. The Morgan fingerprint density at radius 3 is 1.81 bits per heavy atom. The number of hydrogen-bond donors (Lipinski definition) is 0. The van der Waals surface area contributed by atoms with Gasteiger partial charge in [-0.3, -0.25) is 0 Å². The summed E-state index contributed by atoms with van der Waals surface area (Å²) >= 11 is 0. The largest absolute Gasteiger partial charge is 0.248 e. The first-order valence-corrected chi connectivity index (χ1v) is 9.18. The fourth-order valence-corrected chi connectivity index (χ4v) is 3.12. The number of aliphatic imine (C=N–C) groups is 1. The maximum atomic E-state index is 4.87. The Bertz CT molecular complexity index is 973. The van der Waals surface area contributed by atoms with Gasteiger partial charge in [-0.05, 0) is 43.5 Å². The minimum atomic E-state index is 0.763. The van der Waals surface area contributed by atoms with Crippen LogP contribution in [0.3, 0.4) is 0 Å². The van der Waals surface area contributed by atoms with Crippen LogP contribution in [0, 0.1) is 13.8 Å². The summed E-state index contributed by atoms with van der Waals surface area (Å²) in [5.74, 6) is 0. The summed E-state index contributed by atoms with van der Waals surface area (Å²) in [6.07, 6.45) is 2.15. The van der Waals surface area contributed by atoms with Gasteiger partial charge in [0.15, 0.2) is 0 Å². The Hall–Kier alpha value is -3.19. The van der Waals surface area contributed by atoms with Crippen LogP contribution in [0.15, 0.2) is 96.5 Å². The molecule has 0 unspecified atom stereocenters. The molecular weight excluding hydrogens is 326 g/mol. The number of hydrogen-bond acceptors (Lipinski definition) is 1. The number of benzene rings is 3. The van der Waals surface area contributed by atoms with Gasteiger partial charge >= 0.3 is 0 Å². The molecule has 1 heteroatoms. The molecule has 0 amide bonds. The van der Waals surface area contributed by atoms with E-state index in [1.165, 1.54) is 22.3 Å². The van der Waals surface area contributed by atoms with Gasteiger partial charge in [0, 0.05) is 5.56 Å². The second-order valence-corrected chi connectivity index (χ2v) is 6.88. The van der Waals surface area contributed by atoms with Crippen LogP contribution in [-0.4, -0.2) is 5.71 Å². The second-order valence-electron chi connectivity index (χ2n) is 6.88. The molecule has 0 aliphatic heterocycles. The Morgan fingerprint density at radius 2 is 1.26 bits per heavy atom. The summed E-state index contributed by atoms with van der Waals surface area (Å²) in [7, 11) is 0. The molecule has 0 bridgehead atoms. The molecule has 1 nitrogen and oxygen atoms in total. The van der Waals surface area contributed by atoms with E-state index in [4.69, 9.17) is 4.99 Å². The van der Waals surface area contributed by atoms with Crippen molar-refractivity contribution in [2.75, 3.05) is 0 Å². The van der Waals surface area contributed by atoms with Gasteiger partial charge in [-0.15, -0.1) is 0 Å². The summed E-state index contributed by atoms with van der Waals surface area (Å²) in [4.78, 5) is 4.87. The zero-order valence-electron chi connectivity index (χ0n) is 16.2. The number of rotatable bonds is 5. The van der Waals surface area contributed by atoms with Gasteiger partial charge < -0.3 is 0 Å². The van der Waals surface area contributed by atoms with Gasteiger partial charge in [-0.1, -0.05) is 96.6 Å². The molecule has 0 saturated heterocycles. The van der Waals surface area contributed by atoms with Crippen molar-refractivity contribution in [1.82, 2.24) is 0 Å². The highest BCUT2D eigenvalue weighted by molar-refractivity contribution is 6.13. The minimum Gasteiger partial charge on any atom is -0.248 e. The number of aryl methyl sites for hydroxylation is 2. The summed E-state index contributed by atoms with van der Waals surface area (Å²) in [6, 6.07) is 27.0. The van der Waals surface area contributed by atoms with Crippen molar-refractivity contribution in [3.8, 4) is 0 Å². The topological polar surface area (TPSA) is 12.4 Å². The highest BCUT2D eigenvalue weighted by Gasteiger charge is 2.06. The Balaban J connectivity index is 2.05. The highest BCUT2D eigenvalue weighted by atomic mass is 14.8. The summed E-state index contributed by atoms with van der Waals surface area (Å²) < 4.78 is 0. The second kappa shape index (κ2) is 8.46. The van der Waals surface area contributed by atoms with Crippen molar-refractivity contribution >= 4 is 17.0 Å². The molecule has 134 valence electrons. The highest BCUT2D eigenvalue weighted by Crippen LogP contribution is 2.21. The number of allylic oxidation sites excluding steroid dienone is 2. The van der Waals surface area contributed by atoms with Gasteiger partial charge in [0.25, 0.3) is 0 Å². The predicted molar refractivity (Wildman–Crippen MR) is 118 cm³/mol. The Morgan fingerprint density at radius 1 is 0.741 bits per heavy atom. The first-order chi connectivity index (χ1) is 13.0. The molecule has 0 aromatic heterocycles. The fraction of sp³-hybridized carbons (Fsp3) is 0.115. The lowest BCUT2D eigenvalue weighted by molar-refractivity contribution is 1.36. The van der Waals surface area contributed by atoms with Crippen molar-refractivity contribution in [3.05, 3.63) is 119 Å². The van der Waals surface area contributed by atoms with E-state index in [-0.39, 0.29) is 0 Å². The van der Waals surface area contributed by atoms with Gasteiger partial charge in [0.1, 0.15) is 0 Å². The molecule has 0 N–H and O–H groups in total. The smallest absolute Gasteiger partial charge is 0.0712 e. The van der Waals surface area contributed by atoms with Gasteiger partial charge in [0.2, 0.25) is 0 Å². The Kier molecular flexibility index (Phi) is 5.83. The lowest BCUT2D eigenvalue weighted by Gasteiger charge is -2.09. The lowest BCUT2D eigenvalue weighted by Crippen LogP contribution is -1.99. The van der Waals surface area contributed by atoms with Gasteiger partial charge in [-0.25, -0.2) is 4.99 Å². The molecule has 0 saturated carbocycles. The minimum absolute atomic E-state index is 0.763. The van der Waals surface area contributed by atoms with Crippen molar-refractivity contribution < 1.29 is 0 Å². The van der Waals surface area contributed by atoms with E-state index < -0.39 is 0 Å². The fourth-order valence-electron chi connectivity index (χ4n) is 3.12. The monoisotopic (exact) mass is 351 g/mol. The van der Waals surface area contributed by atoms with E-state index in [0.717, 1.165) is 22.5 Å². The van der Waals surface area contributed by atoms with E-state index in [0.29, 0.717) is 0 Å². The molecule has 0 heterocycles. The van der Waals surface area contributed by atoms with E-state index in [1.807, 2.05) is 48.5 Å². The maximum Gasteiger partial charge on any atom is 0.0712 e. The van der Waals surface area contributed by atoms with Crippen LogP contribution in [0.4, 0.5) is 0 Å². The summed E-state index contributed by atoms with van der Waals surface area (Å²) in [5.41, 5.74) is 8.74. The molecule has 3 rings (SSSR count). The average Bonchev–Trinajstić information content (AvgIpc) is 2.68. The standard InChI is InChI=1S/C26H25N/c1-19-15-20(2)17-25(16-19)21(3)18-26(24-13-9-6-10-14-24)27-22(4)23-11-7-5-8-12-23/h5-18H,4H2,1-3H3/b21-18+,27-26?. The molecule has 0 atom stereocenters. The third-order valence-electron chi connectivity index (χ3n) is 4.46. The first-order valence-electron chi connectivity index (χ1n) is 9.18. The van der Waals surface area contributed by atoms with Crippen molar-refractivity contribution in [2.24, 2.45) is 4.99 Å². The third-order valence-corrected chi connectivity index (χ3v) is 4.46. The van der Waals surface area contributed by atoms with Crippen LogP contribution in [0.5, 0.6) is 0 Å². The molecule has 0 spiro atoms. The lowest BCUT2D eigenvalue weighted by atomic mass is 9.99. The molecule has 0 aliphatic rings. The van der Waals surface area contributed by atoms with Crippen LogP contribution in [0.1, 0.15) is 34.7 Å². The van der Waals surface area contributed by atoms with Crippen LogP contribution < -0.4 is 0 Å². The van der Waals surface area contributed by atoms with E-state index in [9.17, 15) is 0 Å². The van der Waals surface area contributed by atoms with Crippen LogP contribution in [0.25, 0.3) is 11.3 Å². The van der Waals surface area contributed by atoms with Gasteiger partial charge in [0.05, 0.1) is 11.4 Å². The molecule has 0 fully saturated rings. The molecule has 27 heavy (non-hydrogen) atoms. The number of nitrogens with zero attached hydrogens (tertiary/aromatic N) is 1. The molecule has 3 aromatic carbocycles. The quantitative estimate of drug-likeness (QED) is 0.445. The SMILES string of the molecule is C=C(N=C(/C=C(\C)c1cc(C)cc(C)c1)c1ccccc1)c1ccccc1. The van der Waals surface area contributed by atoms with Crippen molar-refractivity contribution in [2.45, 2.75) is 20.8 Å². The predicted octanol–water partition coefficient (Wildman–Crippen LogP) is 6.87. The molecule has 0 aliphatic carbocycles. The molecule has 0 radical (unpaired) electrons. The summed E-state index contributed by atoms with van der Waals surface area (Å²) in [6.45, 7) is 10.6. The first kappa shape index (κ1) is 18.6.